The Morgan fingerprint density at radius 1 is 1.24 bits per heavy atom. The second-order valence-electron chi connectivity index (χ2n) is 4.26. The maximum atomic E-state index is 11.4. The molecular weight excluding hydrogens is 246 g/mol. The first-order valence-electron chi connectivity index (χ1n) is 5.38. The van der Waals surface area contributed by atoms with Crippen molar-refractivity contribution in [3.8, 4) is 0 Å². The highest BCUT2D eigenvalue weighted by Gasteiger charge is 2.21. The summed E-state index contributed by atoms with van der Waals surface area (Å²) >= 11 is 0. The highest BCUT2D eigenvalue weighted by molar-refractivity contribution is 7.92. The Labute approximate surface area is 101 Å². The molecule has 1 atom stereocenters. The first-order valence-corrected chi connectivity index (χ1v) is 7.09. The van der Waals surface area contributed by atoms with E-state index >= 15 is 0 Å². The van der Waals surface area contributed by atoms with E-state index in [4.69, 9.17) is 5.11 Å². The zero-order valence-electron chi connectivity index (χ0n) is 10.3. The van der Waals surface area contributed by atoms with E-state index in [1.54, 1.807) is 6.92 Å². The summed E-state index contributed by atoms with van der Waals surface area (Å²) in [5, 5.41) is 10.3. The van der Waals surface area contributed by atoms with Gasteiger partial charge >= 0.3 is 5.97 Å². The second kappa shape index (κ2) is 6.58. The highest BCUT2D eigenvalue weighted by atomic mass is 32.2. The van der Waals surface area contributed by atoms with Crippen LogP contribution in [0.25, 0.3) is 0 Å². The topological polar surface area (TPSA) is 101 Å². The van der Waals surface area contributed by atoms with Crippen molar-refractivity contribution in [1.29, 1.82) is 0 Å². The number of carbonyl (C=O) groups excluding carboxylic acids is 1. The standard InChI is InChI=1S/C10H19NO5S/c1-7(2)17(15,16)6-9(12)11-8(3)4-5-10(13)14/h7-8H,4-6H2,1-3H3,(H,11,12)(H,13,14). The zero-order chi connectivity index (χ0) is 13.6. The molecule has 0 aromatic heterocycles. The molecular formula is C10H19NO5S. The molecule has 0 aliphatic carbocycles. The van der Waals surface area contributed by atoms with Gasteiger partial charge in [0, 0.05) is 12.5 Å². The fourth-order valence-electron chi connectivity index (χ4n) is 1.08. The van der Waals surface area contributed by atoms with Gasteiger partial charge in [-0.15, -0.1) is 0 Å². The molecule has 7 heteroatoms. The van der Waals surface area contributed by atoms with Gasteiger partial charge in [-0.1, -0.05) is 0 Å². The zero-order valence-corrected chi connectivity index (χ0v) is 11.1. The van der Waals surface area contributed by atoms with Crippen LogP contribution in [0.2, 0.25) is 0 Å². The van der Waals surface area contributed by atoms with Gasteiger partial charge in [-0.3, -0.25) is 9.59 Å². The molecule has 0 bridgehead atoms. The Balaban J connectivity index is 4.15. The summed E-state index contributed by atoms with van der Waals surface area (Å²) in [4.78, 5) is 21.7. The lowest BCUT2D eigenvalue weighted by atomic mass is 10.2. The maximum Gasteiger partial charge on any atom is 0.303 e. The summed E-state index contributed by atoms with van der Waals surface area (Å²) in [5.41, 5.74) is 0. The third-order valence-corrected chi connectivity index (χ3v) is 4.35. The highest BCUT2D eigenvalue weighted by Crippen LogP contribution is 2.01. The molecule has 0 aromatic rings. The summed E-state index contributed by atoms with van der Waals surface area (Å²) in [5.74, 6) is -2.08. The number of amides is 1. The van der Waals surface area contributed by atoms with Crippen molar-refractivity contribution in [2.75, 3.05) is 5.75 Å². The van der Waals surface area contributed by atoms with Crippen LogP contribution in [-0.2, 0) is 19.4 Å². The van der Waals surface area contributed by atoms with Crippen LogP contribution in [0.1, 0.15) is 33.6 Å². The van der Waals surface area contributed by atoms with Crippen LogP contribution < -0.4 is 5.32 Å². The minimum atomic E-state index is -3.40. The number of hydrogen-bond acceptors (Lipinski definition) is 4. The Bertz CT molecular complexity index is 374. The van der Waals surface area contributed by atoms with Crippen molar-refractivity contribution in [3.63, 3.8) is 0 Å². The van der Waals surface area contributed by atoms with Crippen LogP contribution >= 0.6 is 0 Å². The molecule has 1 unspecified atom stereocenters. The van der Waals surface area contributed by atoms with Gasteiger partial charge in [-0.05, 0) is 27.2 Å². The van der Waals surface area contributed by atoms with Gasteiger partial charge in [-0.25, -0.2) is 8.42 Å². The minimum absolute atomic E-state index is 0.0572. The van der Waals surface area contributed by atoms with Crippen LogP contribution in [0.5, 0.6) is 0 Å². The fourth-order valence-corrected chi connectivity index (χ4v) is 1.86. The smallest absolute Gasteiger partial charge is 0.303 e. The number of rotatable bonds is 7. The van der Waals surface area contributed by atoms with Crippen molar-refractivity contribution >= 4 is 21.7 Å². The monoisotopic (exact) mass is 265 g/mol. The van der Waals surface area contributed by atoms with Crippen LogP contribution in [0.4, 0.5) is 0 Å². The predicted molar refractivity (Wildman–Crippen MR) is 63.4 cm³/mol. The molecule has 100 valence electrons. The Morgan fingerprint density at radius 3 is 2.18 bits per heavy atom. The number of carboxylic acids is 1. The maximum absolute atomic E-state index is 11.4. The molecule has 0 radical (unpaired) electrons. The number of aliphatic carboxylic acids is 1. The largest absolute Gasteiger partial charge is 0.481 e. The Morgan fingerprint density at radius 2 is 1.76 bits per heavy atom. The Kier molecular flexibility index (Phi) is 6.15. The van der Waals surface area contributed by atoms with Crippen molar-refractivity contribution in [3.05, 3.63) is 0 Å². The molecule has 0 saturated carbocycles. The third-order valence-electron chi connectivity index (χ3n) is 2.25. The average Bonchev–Trinajstić information content (AvgIpc) is 2.13. The molecule has 6 nitrogen and oxygen atoms in total. The molecule has 17 heavy (non-hydrogen) atoms. The second-order valence-corrected chi connectivity index (χ2v) is 6.81. The lowest BCUT2D eigenvalue weighted by molar-refractivity contribution is -0.137. The lowest BCUT2D eigenvalue weighted by Gasteiger charge is -2.13. The van der Waals surface area contributed by atoms with E-state index in [0.29, 0.717) is 0 Å². The SMILES string of the molecule is CC(CCC(=O)O)NC(=O)CS(=O)(=O)C(C)C. The average molecular weight is 265 g/mol. The minimum Gasteiger partial charge on any atom is -0.481 e. The summed E-state index contributed by atoms with van der Waals surface area (Å²) in [6, 6.07) is -0.346. The van der Waals surface area contributed by atoms with Gasteiger partial charge in [0.05, 0.1) is 5.25 Å². The lowest BCUT2D eigenvalue weighted by Crippen LogP contribution is -2.38. The van der Waals surface area contributed by atoms with Crippen LogP contribution in [0.15, 0.2) is 0 Å². The van der Waals surface area contributed by atoms with E-state index in [2.05, 4.69) is 5.32 Å². The number of sulfone groups is 1. The van der Waals surface area contributed by atoms with Crippen LogP contribution in [0, 0.1) is 0 Å². The number of carbonyl (C=O) groups is 2. The molecule has 0 aliphatic rings. The van der Waals surface area contributed by atoms with E-state index in [-0.39, 0.29) is 18.9 Å². The molecule has 0 rings (SSSR count). The van der Waals surface area contributed by atoms with Gasteiger partial charge in [0.2, 0.25) is 5.91 Å². The predicted octanol–water partition coefficient (Wildman–Crippen LogP) is 0.179. The van der Waals surface area contributed by atoms with Crippen molar-refractivity contribution < 1.29 is 23.1 Å². The normalized spacial score (nSPS) is 13.4. The van der Waals surface area contributed by atoms with E-state index in [9.17, 15) is 18.0 Å². The van der Waals surface area contributed by atoms with Crippen LogP contribution in [0.3, 0.4) is 0 Å². The first-order chi connectivity index (χ1) is 7.65. The molecule has 0 saturated heterocycles. The van der Waals surface area contributed by atoms with E-state index < -0.39 is 32.7 Å². The van der Waals surface area contributed by atoms with Gasteiger partial charge in [0.15, 0.2) is 9.84 Å². The van der Waals surface area contributed by atoms with E-state index in [0.717, 1.165) is 0 Å². The van der Waals surface area contributed by atoms with Crippen molar-refractivity contribution in [2.45, 2.75) is 44.9 Å². The van der Waals surface area contributed by atoms with Gasteiger partial charge in [-0.2, -0.15) is 0 Å². The third kappa shape index (κ3) is 6.93. The number of nitrogens with one attached hydrogen (secondary N) is 1. The van der Waals surface area contributed by atoms with Crippen molar-refractivity contribution in [1.82, 2.24) is 5.32 Å². The van der Waals surface area contributed by atoms with Gasteiger partial charge in [0.1, 0.15) is 5.75 Å². The first kappa shape index (κ1) is 15.9. The Hall–Kier alpha value is -1.11. The van der Waals surface area contributed by atoms with Crippen molar-refractivity contribution in [2.24, 2.45) is 0 Å². The molecule has 0 heterocycles. The van der Waals surface area contributed by atoms with Crippen LogP contribution in [-0.4, -0.2) is 42.4 Å². The fraction of sp³-hybridized carbons (Fsp3) is 0.800. The molecule has 1 amide bonds. The molecule has 0 fully saturated rings. The summed E-state index contributed by atoms with van der Waals surface area (Å²) in [7, 11) is -3.40. The number of hydrogen-bond donors (Lipinski definition) is 2. The summed E-state index contributed by atoms with van der Waals surface area (Å²) in [6.45, 7) is 4.66. The molecule has 0 aliphatic heterocycles. The molecule has 2 N–H and O–H groups in total. The molecule has 0 aromatic carbocycles. The molecule has 0 spiro atoms. The number of carboxylic acid groups (broad SMARTS) is 1. The quantitative estimate of drug-likeness (QED) is 0.684. The summed E-state index contributed by atoms with van der Waals surface area (Å²) in [6.07, 6.45) is 0.223. The van der Waals surface area contributed by atoms with E-state index in [1.807, 2.05) is 0 Å². The van der Waals surface area contributed by atoms with E-state index in [1.165, 1.54) is 13.8 Å². The van der Waals surface area contributed by atoms with Gasteiger partial charge in [0.25, 0.3) is 0 Å². The van der Waals surface area contributed by atoms with Gasteiger partial charge < -0.3 is 10.4 Å². The summed E-state index contributed by atoms with van der Waals surface area (Å²) < 4.78 is 22.9.